The lowest BCUT2D eigenvalue weighted by Gasteiger charge is -2.10. The molecule has 0 radical (unpaired) electrons. The Morgan fingerprint density at radius 3 is 2.68 bits per heavy atom. The van der Waals surface area contributed by atoms with Gasteiger partial charge in [-0.15, -0.1) is 0 Å². The van der Waals surface area contributed by atoms with Gasteiger partial charge in [0.15, 0.2) is 5.16 Å². The molecule has 2 aromatic rings. The van der Waals surface area contributed by atoms with Gasteiger partial charge < -0.3 is 5.32 Å². The van der Waals surface area contributed by atoms with Crippen molar-refractivity contribution in [3.63, 3.8) is 0 Å². The highest BCUT2D eigenvalue weighted by atomic mass is 32.2. The molecule has 0 saturated heterocycles. The van der Waals surface area contributed by atoms with Crippen LogP contribution in [0.5, 0.6) is 0 Å². The predicted molar refractivity (Wildman–Crippen MR) is 73.3 cm³/mol. The van der Waals surface area contributed by atoms with Crippen LogP contribution in [0.25, 0.3) is 5.69 Å². The Morgan fingerprint density at radius 2 is 2.11 bits per heavy atom. The highest BCUT2D eigenvalue weighted by Crippen LogP contribution is 2.21. The van der Waals surface area contributed by atoms with Crippen LogP contribution in [0, 0.1) is 5.82 Å². The van der Waals surface area contributed by atoms with Crippen LogP contribution >= 0.6 is 11.8 Å². The molecule has 0 fully saturated rings. The standard InChI is InChI=1S/C13H14FN3OS/c1-3-15-12(18)11-8-16-13(19-2)17(11)10-6-4-9(14)5-7-10/h4-8H,3H2,1-2H3,(H,15,18). The summed E-state index contributed by atoms with van der Waals surface area (Å²) in [6.07, 6.45) is 3.41. The topological polar surface area (TPSA) is 46.9 Å². The third kappa shape index (κ3) is 2.78. The van der Waals surface area contributed by atoms with E-state index in [-0.39, 0.29) is 11.7 Å². The van der Waals surface area contributed by atoms with E-state index >= 15 is 0 Å². The summed E-state index contributed by atoms with van der Waals surface area (Å²) in [6.45, 7) is 2.40. The van der Waals surface area contributed by atoms with Crippen molar-refractivity contribution in [2.45, 2.75) is 12.1 Å². The Balaban J connectivity index is 2.50. The number of nitrogens with zero attached hydrogens (tertiary/aromatic N) is 2. The minimum absolute atomic E-state index is 0.195. The fourth-order valence-corrected chi connectivity index (χ4v) is 2.27. The fourth-order valence-electron chi connectivity index (χ4n) is 1.73. The van der Waals surface area contributed by atoms with Gasteiger partial charge in [-0.1, -0.05) is 11.8 Å². The molecule has 2 rings (SSSR count). The minimum atomic E-state index is -0.311. The van der Waals surface area contributed by atoms with Crippen molar-refractivity contribution in [3.8, 4) is 5.69 Å². The molecule has 0 saturated carbocycles. The van der Waals surface area contributed by atoms with Crippen molar-refractivity contribution in [2.75, 3.05) is 12.8 Å². The van der Waals surface area contributed by atoms with Crippen LogP contribution in [-0.2, 0) is 0 Å². The average Bonchev–Trinajstić information content (AvgIpc) is 2.83. The first kappa shape index (κ1) is 13.6. The predicted octanol–water partition coefficient (Wildman–Crippen LogP) is 2.48. The minimum Gasteiger partial charge on any atom is -0.351 e. The zero-order chi connectivity index (χ0) is 13.8. The summed E-state index contributed by atoms with van der Waals surface area (Å²) >= 11 is 1.43. The number of carbonyl (C=O) groups is 1. The summed E-state index contributed by atoms with van der Waals surface area (Å²) in [5.41, 5.74) is 1.15. The van der Waals surface area contributed by atoms with Crippen LogP contribution in [0.3, 0.4) is 0 Å². The van der Waals surface area contributed by atoms with Crippen LogP contribution in [0.1, 0.15) is 17.4 Å². The van der Waals surface area contributed by atoms with Gasteiger partial charge >= 0.3 is 0 Å². The molecule has 0 spiro atoms. The van der Waals surface area contributed by atoms with E-state index in [0.717, 1.165) is 0 Å². The molecular formula is C13H14FN3OS. The smallest absolute Gasteiger partial charge is 0.269 e. The zero-order valence-corrected chi connectivity index (χ0v) is 11.5. The molecule has 1 aromatic heterocycles. The monoisotopic (exact) mass is 279 g/mol. The summed E-state index contributed by atoms with van der Waals surface area (Å²) in [5.74, 6) is -0.506. The maximum atomic E-state index is 13.0. The SMILES string of the molecule is CCNC(=O)c1cnc(SC)n1-c1ccc(F)cc1. The number of aromatic nitrogens is 2. The lowest BCUT2D eigenvalue weighted by Crippen LogP contribution is -2.25. The van der Waals surface area contributed by atoms with E-state index in [9.17, 15) is 9.18 Å². The molecule has 19 heavy (non-hydrogen) atoms. The summed E-state index contributed by atoms with van der Waals surface area (Å²) in [5, 5.41) is 3.43. The summed E-state index contributed by atoms with van der Waals surface area (Å²) in [4.78, 5) is 16.2. The lowest BCUT2D eigenvalue weighted by atomic mass is 10.3. The fraction of sp³-hybridized carbons (Fsp3) is 0.231. The number of benzene rings is 1. The van der Waals surface area contributed by atoms with Gasteiger partial charge in [0.05, 0.1) is 6.20 Å². The largest absolute Gasteiger partial charge is 0.351 e. The van der Waals surface area contributed by atoms with Crippen molar-refractivity contribution in [3.05, 3.63) is 42.0 Å². The zero-order valence-electron chi connectivity index (χ0n) is 10.7. The number of amides is 1. The number of halogens is 1. The highest BCUT2D eigenvalue weighted by Gasteiger charge is 2.16. The van der Waals surface area contributed by atoms with Crippen molar-refractivity contribution in [1.29, 1.82) is 0 Å². The molecule has 1 amide bonds. The van der Waals surface area contributed by atoms with Gasteiger partial charge in [0.1, 0.15) is 11.5 Å². The van der Waals surface area contributed by atoms with E-state index in [4.69, 9.17) is 0 Å². The molecule has 0 aliphatic heterocycles. The van der Waals surface area contributed by atoms with Crippen molar-refractivity contribution in [1.82, 2.24) is 14.9 Å². The number of nitrogens with one attached hydrogen (secondary N) is 1. The van der Waals surface area contributed by atoms with Gasteiger partial charge in [0.2, 0.25) is 0 Å². The van der Waals surface area contributed by atoms with E-state index in [0.29, 0.717) is 23.1 Å². The number of rotatable bonds is 4. The van der Waals surface area contributed by atoms with Crippen molar-refractivity contribution >= 4 is 17.7 Å². The Hall–Kier alpha value is -1.82. The maximum absolute atomic E-state index is 13.0. The molecule has 100 valence electrons. The van der Waals surface area contributed by atoms with Gasteiger partial charge in [-0.25, -0.2) is 9.37 Å². The average molecular weight is 279 g/mol. The number of carbonyl (C=O) groups excluding carboxylic acids is 1. The van der Waals surface area contributed by atoms with E-state index in [1.807, 2.05) is 13.2 Å². The molecule has 0 aliphatic rings. The van der Waals surface area contributed by atoms with Crippen LogP contribution in [-0.4, -0.2) is 28.3 Å². The van der Waals surface area contributed by atoms with E-state index in [2.05, 4.69) is 10.3 Å². The molecule has 4 nitrogen and oxygen atoms in total. The quantitative estimate of drug-likeness (QED) is 0.875. The molecule has 1 aromatic carbocycles. The molecule has 0 atom stereocenters. The summed E-state index contributed by atoms with van der Waals surface area (Å²) < 4.78 is 14.7. The highest BCUT2D eigenvalue weighted by molar-refractivity contribution is 7.98. The number of hydrogen-bond acceptors (Lipinski definition) is 3. The van der Waals surface area contributed by atoms with Gasteiger partial charge in [-0.2, -0.15) is 0 Å². The first-order valence-corrected chi connectivity index (χ1v) is 7.05. The van der Waals surface area contributed by atoms with Crippen LogP contribution < -0.4 is 5.32 Å². The van der Waals surface area contributed by atoms with Gasteiger partial charge in [0, 0.05) is 12.2 Å². The molecule has 1 N–H and O–H groups in total. The van der Waals surface area contributed by atoms with Gasteiger partial charge in [-0.3, -0.25) is 9.36 Å². The summed E-state index contributed by atoms with van der Waals surface area (Å²) in [6, 6.07) is 5.97. The second-order valence-electron chi connectivity index (χ2n) is 3.80. The molecule has 1 heterocycles. The first-order chi connectivity index (χ1) is 9.17. The van der Waals surface area contributed by atoms with Crippen LogP contribution in [0.4, 0.5) is 4.39 Å². The van der Waals surface area contributed by atoms with Crippen molar-refractivity contribution in [2.24, 2.45) is 0 Å². The van der Waals surface area contributed by atoms with E-state index in [1.165, 1.54) is 30.1 Å². The number of imidazole rings is 1. The number of thioether (sulfide) groups is 1. The normalized spacial score (nSPS) is 10.5. The summed E-state index contributed by atoms with van der Waals surface area (Å²) in [7, 11) is 0. The Bertz CT molecular complexity index is 580. The van der Waals surface area contributed by atoms with Gasteiger partial charge in [-0.05, 0) is 37.4 Å². The van der Waals surface area contributed by atoms with E-state index in [1.54, 1.807) is 16.7 Å². The maximum Gasteiger partial charge on any atom is 0.269 e. The molecule has 0 unspecified atom stereocenters. The van der Waals surface area contributed by atoms with Crippen LogP contribution in [0.15, 0.2) is 35.6 Å². The van der Waals surface area contributed by atoms with E-state index < -0.39 is 0 Å². The lowest BCUT2D eigenvalue weighted by molar-refractivity contribution is 0.0948. The molecule has 6 heteroatoms. The third-order valence-corrected chi connectivity index (χ3v) is 3.22. The number of hydrogen-bond donors (Lipinski definition) is 1. The van der Waals surface area contributed by atoms with Crippen LogP contribution in [0.2, 0.25) is 0 Å². The van der Waals surface area contributed by atoms with Crippen molar-refractivity contribution < 1.29 is 9.18 Å². The Morgan fingerprint density at radius 1 is 1.42 bits per heavy atom. The Labute approximate surface area is 115 Å². The third-order valence-electron chi connectivity index (χ3n) is 2.57. The molecule has 0 bridgehead atoms. The molecule has 0 aliphatic carbocycles. The second-order valence-corrected chi connectivity index (χ2v) is 4.57. The second kappa shape index (κ2) is 5.88. The first-order valence-electron chi connectivity index (χ1n) is 5.83. The molecular weight excluding hydrogens is 265 g/mol. The Kier molecular flexibility index (Phi) is 4.21. The van der Waals surface area contributed by atoms with Gasteiger partial charge in [0.25, 0.3) is 5.91 Å².